The van der Waals surface area contributed by atoms with Crippen LogP contribution >= 0.6 is 23.2 Å². The Morgan fingerprint density at radius 1 is 1.19 bits per heavy atom. The fraction of sp³-hybridized carbons (Fsp3) is 0.143. The van der Waals surface area contributed by atoms with Crippen LogP contribution in [0, 0.1) is 0 Å². The van der Waals surface area contributed by atoms with E-state index in [9.17, 15) is 0 Å². The molecule has 108 valence electrons. The Kier molecular flexibility index (Phi) is 3.61. The number of rotatable bonds is 3. The Morgan fingerprint density at radius 3 is 2.76 bits per heavy atom. The van der Waals surface area contributed by atoms with Crippen molar-refractivity contribution in [2.24, 2.45) is 0 Å². The molecule has 2 aromatic heterocycles. The van der Waals surface area contributed by atoms with E-state index in [4.69, 9.17) is 28.9 Å². The minimum Gasteiger partial charge on any atom is -0.382 e. The van der Waals surface area contributed by atoms with Gasteiger partial charge in [-0.05, 0) is 29.8 Å². The van der Waals surface area contributed by atoms with Crippen molar-refractivity contribution in [1.82, 2.24) is 14.6 Å². The van der Waals surface area contributed by atoms with Gasteiger partial charge in [-0.2, -0.15) is 4.52 Å². The lowest BCUT2D eigenvalue weighted by Crippen LogP contribution is -2.18. The van der Waals surface area contributed by atoms with E-state index in [0.29, 0.717) is 22.4 Å². The molecule has 3 rings (SSSR count). The number of nitrogens with zero attached hydrogens (tertiary/aromatic N) is 4. The summed E-state index contributed by atoms with van der Waals surface area (Å²) in [5.74, 6) is 1.30. The summed E-state index contributed by atoms with van der Waals surface area (Å²) in [5, 5.41) is 5.56. The van der Waals surface area contributed by atoms with Crippen LogP contribution < -0.4 is 10.6 Å². The molecule has 0 radical (unpaired) electrons. The smallest absolute Gasteiger partial charge is 0.156 e. The molecular weight excluding hydrogens is 309 g/mol. The molecule has 0 saturated heterocycles. The molecule has 0 aliphatic heterocycles. The summed E-state index contributed by atoms with van der Waals surface area (Å²) in [6, 6.07) is 9.36. The lowest BCUT2D eigenvalue weighted by molar-refractivity contribution is 0.845. The summed E-state index contributed by atoms with van der Waals surface area (Å²) in [7, 11) is 1.95. The first-order valence-electron chi connectivity index (χ1n) is 6.30. The third kappa shape index (κ3) is 2.75. The molecule has 1 aromatic carbocycles. The fourth-order valence-corrected chi connectivity index (χ4v) is 2.40. The predicted octanol–water partition coefficient (Wildman–Crippen LogP) is 3.25. The molecule has 0 spiro atoms. The lowest BCUT2D eigenvalue weighted by atomic mass is 10.2. The predicted molar refractivity (Wildman–Crippen MR) is 86.0 cm³/mol. The van der Waals surface area contributed by atoms with E-state index in [1.54, 1.807) is 16.8 Å². The number of nitrogens with two attached hydrogens (primary N) is 1. The maximum Gasteiger partial charge on any atom is 0.156 e. The van der Waals surface area contributed by atoms with Crippen molar-refractivity contribution < 1.29 is 0 Å². The topological polar surface area (TPSA) is 59.5 Å². The summed E-state index contributed by atoms with van der Waals surface area (Å²) in [6.45, 7) is 0.657. The van der Waals surface area contributed by atoms with Gasteiger partial charge in [0, 0.05) is 13.6 Å². The molecule has 2 N–H and O–H groups in total. The van der Waals surface area contributed by atoms with Crippen LogP contribution in [0.25, 0.3) is 5.65 Å². The molecule has 2 heterocycles. The van der Waals surface area contributed by atoms with Gasteiger partial charge in [-0.1, -0.05) is 29.3 Å². The number of hydrogen-bond acceptors (Lipinski definition) is 4. The first-order chi connectivity index (χ1) is 10.0. The number of anilines is 2. The summed E-state index contributed by atoms with van der Waals surface area (Å²) < 4.78 is 1.61. The van der Waals surface area contributed by atoms with Crippen LogP contribution in [0.15, 0.2) is 36.5 Å². The van der Waals surface area contributed by atoms with Crippen LogP contribution in [0.3, 0.4) is 0 Å². The summed E-state index contributed by atoms with van der Waals surface area (Å²) in [5.41, 5.74) is 7.59. The number of hydrogen-bond donors (Lipinski definition) is 1. The average Bonchev–Trinajstić information content (AvgIpc) is 2.84. The minimum atomic E-state index is 0.509. The third-order valence-corrected chi connectivity index (χ3v) is 3.91. The van der Waals surface area contributed by atoms with Gasteiger partial charge in [0.15, 0.2) is 5.65 Å². The Labute approximate surface area is 131 Å². The van der Waals surface area contributed by atoms with Crippen LogP contribution in [0.4, 0.5) is 11.6 Å². The number of fused-ring (bicyclic) bond motifs is 1. The van der Waals surface area contributed by atoms with Gasteiger partial charge < -0.3 is 10.6 Å². The second kappa shape index (κ2) is 5.42. The maximum atomic E-state index is 6.03. The number of nitrogen functional groups attached to an aromatic ring is 1. The van der Waals surface area contributed by atoms with E-state index in [0.717, 1.165) is 17.0 Å². The fourth-order valence-electron chi connectivity index (χ4n) is 2.08. The van der Waals surface area contributed by atoms with Crippen LogP contribution in [0.5, 0.6) is 0 Å². The highest BCUT2D eigenvalue weighted by Crippen LogP contribution is 2.24. The molecular formula is C14H13Cl2N5. The molecule has 0 atom stereocenters. The van der Waals surface area contributed by atoms with Crippen molar-refractivity contribution in [1.29, 1.82) is 0 Å². The van der Waals surface area contributed by atoms with E-state index < -0.39 is 0 Å². The van der Waals surface area contributed by atoms with Gasteiger partial charge >= 0.3 is 0 Å². The number of imidazole rings is 1. The van der Waals surface area contributed by atoms with Crippen LogP contribution in [0.2, 0.25) is 10.0 Å². The van der Waals surface area contributed by atoms with Gasteiger partial charge in [0.1, 0.15) is 11.6 Å². The summed E-state index contributed by atoms with van der Waals surface area (Å²) in [6.07, 6.45) is 1.59. The normalized spacial score (nSPS) is 11.0. The van der Waals surface area contributed by atoms with Crippen molar-refractivity contribution in [3.05, 3.63) is 52.1 Å². The van der Waals surface area contributed by atoms with Crippen LogP contribution in [-0.2, 0) is 6.54 Å². The molecule has 7 heteroatoms. The first kappa shape index (κ1) is 14.0. The highest BCUT2D eigenvalue weighted by molar-refractivity contribution is 6.42. The average molecular weight is 322 g/mol. The standard InChI is InChI=1S/C14H13Cl2N5/c1-20(8-9-2-3-10(15)11(16)6-9)14-5-4-13-18-7-12(17)21(13)19-14/h2-7H,8,17H2,1H3. The molecule has 0 fully saturated rings. The monoisotopic (exact) mass is 321 g/mol. The number of halogens is 2. The molecule has 0 amide bonds. The highest BCUT2D eigenvalue weighted by atomic mass is 35.5. The van der Waals surface area contributed by atoms with Gasteiger partial charge in [0.2, 0.25) is 0 Å². The highest BCUT2D eigenvalue weighted by Gasteiger charge is 2.08. The minimum absolute atomic E-state index is 0.509. The van der Waals surface area contributed by atoms with E-state index in [2.05, 4.69) is 10.1 Å². The van der Waals surface area contributed by atoms with Crippen molar-refractivity contribution in [3.63, 3.8) is 0 Å². The van der Waals surface area contributed by atoms with Crippen molar-refractivity contribution in [3.8, 4) is 0 Å². The van der Waals surface area contributed by atoms with Crippen molar-refractivity contribution in [2.75, 3.05) is 17.7 Å². The SMILES string of the molecule is CN(Cc1ccc(Cl)c(Cl)c1)c1ccc2ncc(N)n2n1. The lowest BCUT2D eigenvalue weighted by Gasteiger charge is -2.18. The molecule has 3 aromatic rings. The molecule has 0 bridgehead atoms. The van der Waals surface area contributed by atoms with E-state index >= 15 is 0 Å². The number of benzene rings is 1. The van der Waals surface area contributed by atoms with E-state index in [1.165, 1.54) is 0 Å². The van der Waals surface area contributed by atoms with Crippen molar-refractivity contribution in [2.45, 2.75) is 6.54 Å². The zero-order valence-electron chi connectivity index (χ0n) is 11.3. The van der Waals surface area contributed by atoms with Gasteiger partial charge in [0.25, 0.3) is 0 Å². The Balaban J connectivity index is 1.87. The van der Waals surface area contributed by atoms with Crippen LogP contribution in [-0.4, -0.2) is 21.6 Å². The second-order valence-electron chi connectivity index (χ2n) is 4.75. The molecule has 0 saturated carbocycles. The van der Waals surface area contributed by atoms with E-state index in [-0.39, 0.29) is 0 Å². The van der Waals surface area contributed by atoms with Crippen molar-refractivity contribution >= 4 is 40.5 Å². The van der Waals surface area contributed by atoms with Gasteiger partial charge in [-0.25, -0.2) is 4.98 Å². The molecule has 5 nitrogen and oxygen atoms in total. The van der Waals surface area contributed by atoms with Gasteiger partial charge in [-0.15, -0.1) is 5.10 Å². The molecule has 0 unspecified atom stereocenters. The van der Waals surface area contributed by atoms with Crippen LogP contribution in [0.1, 0.15) is 5.56 Å². The first-order valence-corrected chi connectivity index (χ1v) is 7.05. The Bertz CT molecular complexity index is 799. The molecule has 21 heavy (non-hydrogen) atoms. The maximum absolute atomic E-state index is 6.03. The summed E-state index contributed by atoms with van der Waals surface area (Å²) in [4.78, 5) is 6.15. The Hall–Kier alpha value is -1.98. The molecule has 0 aliphatic rings. The second-order valence-corrected chi connectivity index (χ2v) is 5.56. The third-order valence-electron chi connectivity index (χ3n) is 3.17. The van der Waals surface area contributed by atoms with E-state index in [1.807, 2.05) is 36.2 Å². The molecule has 0 aliphatic carbocycles. The summed E-state index contributed by atoms with van der Waals surface area (Å²) >= 11 is 12.0. The van der Waals surface area contributed by atoms with Gasteiger partial charge in [0.05, 0.1) is 16.2 Å². The quantitative estimate of drug-likeness (QED) is 0.804. The van der Waals surface area contributed by atoms with Gasteiger partial charge in [-0.3, -0.25) is 0 Å². The zero-order chi connectivity index (χ0) is 15.0. The zero-order valence-corrected chi connectivity index (χ0v) is 12.8. The number of aromatic nitrogens is 3. The largest absolute Gasteiger partial charge is 0.382 e. The Morgan fingerprint density at radius 2 is 2.00 bits per heavy atom.